The van der Waals surface area contributed by atoms with E-state index in [0.29, 0.717) is 0 Å². The molecule has 0 aliphatic heterocycles. The summed E-state index contributed by atoms with van der Waals surface area (Å²) in [5.41, 5.74) is 13.4. The molecule has 0 radical (unpaired) electrons. The molecule has 0 atom stereocenters. The fraction of sp³-hybridized carbons (Fsp3) is 0. The summed E-state index contributed by atoms with van der Waals surface area (Å²) < 4.78 is 7.54. The lowest BCUT2D eigenvalue weighted by Crippen LogP contribution is -2.03. The first-order valence-corrected chi connectivity index (χ1v) is 20.2. The monoisotopic (exact) mass is 743 g/mol. The number of fused-ring (bicyclic) bond motifs is 9. The molecule has 8 aromatic carbocycles. The van der Waals surface area contributed by atoms with Gasteiger partial charge in [-0.1, -0.05) is 152 Å². The van der Waals surface area contributed by atoms with E-state index in [2.05, 4.69) is 209 Å². The van der Waals surface area contributed by atoms with Gasteiger partial charge in [0, 0.05) is 53.7 Å². The van der Waals surface area contributed by atoms with Gasteiger partial charge in [-0.2, -0.15) is 0 Å². The predicted molar refractivity (Wildman–Crippen MR) is 242 cm³/mol. The fourth-order valence-corrected chi connectivity index (χ4v) is 10.3. The molecule has 0 aliphatic carbocycles. The van der Waals surface area contributed by atoms with Crippen LogP contribution in [0, 0.1) is 0 Å². The average molecular weight is 744 g/mol. The zero-order chi connectivity index (χ0) is 37.5. The number of aromatic nitrogens is 3. The molecular formula is C53H33N3S. The van der Waals surface area contributed by atoms with E-state index >= 15 is 0 Å². The maximum atomic E-state index is 5.33. The Labute approximate surface area is 333 Å². The molecule has 3 nitrogen and oxygen atoms in total. The zero-order valence-corrected chi connectivity index (χ0v) is 31.6. The minimum atomic E-state index is 0.940. The maximum absolute atomic E-state index is 5.33. The molecule has 0 aliphatic rings. The summed E-state index contributed by atoms with van der Waals surface area (Å²) in [6, 6.07) is 72.5. The summed E-state index contributed by atoms with van der Waals surface area (Å²) in [6.45, 7) is 0. The van der Waals surface area contributed by atoms with Crippen LogP contribution in [0.5, 0.6) is 0 Å². The molecule has 0 N–H and O–H groups in total. The van der Waals surface area contributed by atoms with Crippen LogP contribution in [0.2, 0.25) is 0 Å². The number of thiophene rings is 1. The molecule has 0 spiro atoms. The second-order valence-corrected chi connectivity index (χ2v) is 15.7. The molecule has 4 aromatic heterocycles. The number of rotatable bonds is 5. The Morgan fingerprint density at radius 1 is 0.368 bits per heavy atom. The topological polar surface area (TPSA) is 22.8 Å². The van der Waals surface area contributed by atoms with Gasteiger partial charge in [-0.15, -0.1) is 11.3 Å². The molecule has 4 heteroatoms. The van der Waals surface area contributed by atoms with Crippen molar-refractivity contribution in [3.63, 3.8) is 0 Å². The normalized spacial score (nSPS) is 11.9. The predicted octanol–water partition coefficient (Wildman–Crippen LogP) is 14.6. The van der Waals surface area contributed by atoms with Crippen molar-refractivity contribution >= 4 is 75.1 Å². The van der Waals surface area contributed by atoms with Crippen LogP contribution in [-0.2, 0) is 0 Å². The standard InChI is InChI=1S/C53H33N3S/c1-3-17-34(18-4-1)43-31-36(32-44(54-43)35-19-5-2-6-20-35)42-33-49(55-45-26-12-7-21-37(45)38-22-8-13-27-46(38)55)51-41-25-11-16-30-50(41)57-53(51)52(42)56-47-28-14-9-23-39(47)40-24-10-15-29-48(40)56/h1-33H. The highest BCUT2D eigenvalue weighted by Gasteiger charge is 2.26. The number of benzene rings is 8. The van der Waals surface area contributed by atoms with Gasteiger partial charge in [-0.05, 0) is 54.1 Å². The van der Waals surface area contributed by atoms with Crippen LogP contribution in [0.25, 0.3) is 109 Å². The van der Waals surface area contributed by atoms with Gasteiger partial charge in [0.2, 0.25) is 0 Å². The Hall–Kier alpha value is -7.27. The van der Waals surface area contributed by atoms with Crippen molar-refractivity contribution in [1.82, 2.24) is 14.1 Å². The van der Waals surface area contributed by atoms with Gasteiger partial charge in [0.1, 0.15) is 0 Å². The van der Waals surface area contributed by atoms with Crippen molar-refractivity contribution in [1.29, 1.82) is 0 Å². The van der Waals surface area contributed by atoms with Crippen molar-refractivity contribution in [3.05, 3.63) is 200 Å². The van der Waals surface area contributed by atoms with E-state index in [9.17, 15) is 0 Å². The van der Waals surface area contributed by atoms with E-state index < -0.39 is 0 Å². The van der Waals surface area contributed by atoms with Gasteiger partial charge in [-0.25, -0.2) is 4.98 Å². The second-order valence-electron chi connectivity index (χ2n) is 14.7. The van der Waals surface area contributed by atoms with Crippen LogP contribution in [0.15, 0.2) is 200 Å². The van der Waals surface area contributed by atoms with Crippen LogP contribution in [-0.4, -0.2) is 14.1 Å². The minimum absolute atomic E-state index is 0.940. The lowest BCUT2D eigenvalue weighted by atomic mass is 9.96. The van der Waals surface area contributed by atoms with Crippen LogP contribution in [0.1, 0.15) is 0 Å². The van der Waals surface area contributed by atoms with Crippen molar-refractivity contribution in [2.75, 3.05) is 0 Å². The van der Waals surface area contributed by atoms with Crippen molar-refractivity contribution in [3.8, 4) is 45.0 Å². The lowest BCUT2D eigenvalue weighted by molar-refractivity contribution is 1.17. The van der Waals surface area contributed by atoms with Gasteiger partial charge in [0.15, 0.2) is 0 Å². The first-order valence-electron chi connectivity index (χ1n) is 19.4. The molecule has 0 saturated heterocycles. The molecule has 0 amide bonds. The highest BCUT2D eigenvalue weighted by Crippen LogP contribution is 2.49. The van der Waals surface area contributed by atoms with Gasteiger partial charge in [0.05, 0.1) is 49.5 Å². The van der Waals surface area contributed by atoms with Crippen molar-refractivity contribution in [2.24, 2.45) is 0 Å². The quantitative estimate of drug-likeness (QED) is 0.172. The number of para-hydroxylation sites is 4. The van der Waals surface area contributed by atoms with Gasteiger partial charge >= 0.3 is 0 Å². The summed E-state index contributed by atoms with van der Waals surface area (Å²) >= 11 is 1.89. The Kier molecular flexibility index (Phi) is 7.10. The first-order chi connectivity index (χ1) is 28.3. The Balaban J connectivity index is 1.31. The third-order valence-corrected chi connectivity index (χ3v) is 12.7. The van der Waals surface area contributed by atoms with E-state index in [1.165, 1.54) is 75.2 Å². The van der Waals surface area contributed by atoms with E-state index in [1.807, 2.05) is 11.3 Å². The lowest BCUT2D eigenvalue weighted by Gasteiger charge is -2.20. The number of pyridine rings is 1. The Bertz CT molecular complexity index is 3350. The molecule has 0 unspecified atom stereocenters. The molecule has 0 saturated carbocycles. The summed E-state index contributed by atoms with van der Waals surface area (Å²) in [4.78, 5) is 5.33. The Morgan fingerprint density at radius 2 is 0.789 bits per heavy atom. The summed E-state index contributed by atoms with van der Waals surface area (Å²) in [5, 5.41) is 7.48. The number of nitrogens with zero attached hydrogens (tertiary/aromatic N) is 3. The Morgan fingerprint density at radius 3 is 1.30 bits per heavy atom. The second kappa shape index (κ2) is 12.6. The van der Waals surface area contributed by atoms with E-state index in [1.54, 1.807) is 0 Å². The van der Waals surface area contributed by atoms with Gasteiger partial charge in [0.25, 0.3) is 0 Å². The van der Waals surface area contributed by atoms with E-state index in [-0.39, 0.29) is 0 Å². The van der Waals surface area contributed by atoms with Gasteiger partial charge in [-0.3, -0.25) is 0 Å². The summed E-state index contributed by atoms with van der Waals surface area (Å²) in [6.07, 6.45) is 0. The highest BCUT2D eigenvalue weighted by atomic mass is 32.1. The maximum Gasteiger partial charge on any atom is 0.0720 e. The summed E-state index contributed by atoms with van der Waals surface area (Å²) in [7, 11) is 0. The average Bonchev–Trinajstić information content (AvgIpc) is 3.95. The third-order valence-electron chi connectivity index (χ3n) is 11.5. The number of hydrogen-bond acceptors (Lipinski definition) is 2. The molecular weight excluding hydrogens is 711 g/mol. The molecule has 266 valence electrons. The minimum Gasteiger partial charge on any atom is -0.309 e. The molecule has 57 heavy (non-hydrogen) atoms. The highest BCUT2D eigenvalue weighted by molar-refractivity contribution is 7.26. The summed E-state index contributed by atoms with van der Waals surface area (Å²) in [5.74, 6) is 0. The van der Waals surface area contributed by atoms with Crippen molar-refractivity contribution < 1.29 is 0 Å². The molecule has 0 bridgehead atoms. The van der Waals surface area contributed by atoms with Crippen LogP contribution in [0.3, 0.4) is 0 Å². The molecule has 12 rings (SSSR count). The van der Waals surface area contributed by atoms with E-state index in [0.717, 1.165) is 33.6 Å². The molecule has 4 heterocycles. The zero-order valence-electron chi connectivity index (χ0n) is 30.8. The van der Waals surface area contributed by atoms with Crippen LogP contribution in [0.4, 0.5) is 0 Å². The van der Waals surface area contributed by atoms with Crippen LogP contribution < -0.4 is 0 Å². The smallest absolute Gasteiger partial charge is 0.0720 e. The van der Waals surface area contributed by atoms with Gasteiger partial charge < -0.3 is 9.13 Å². The molecule has 12 aromatic rings. The number of hydrogen-bond donors (Lipinski definition) is 0. The van der Waals surface area contributed by atoms with E-state index in [4.69, 9.17) is 4.98 Å². The molecule has 0 fully saturated rings. The third kappa shape index (κ3) is 4.88. The van der Waals surface area contributed by atoms with Crippen molar-refractivity contribution in [2.45, 2.75) is 0 Å². The largest absolute Gasteiger partial charge is 0.309 e. The SMILES string of the molecule is c1ccc(-c2cc(-c3cc(-n4c5ccccc5c5ccccc54)c4c(sc5ccccc54)c3-n3c4ccccc4c4ccccc43)cc(-c3ccccc3)n2)cc1. The fourth-order valence-electron chi connectivity index (χ4n) is 9.03. The van der Waals surface area contributed by atoms with Crippen LogP contribution >= 0.6 is 11.3 Å². The first kappa shape index (κ1) is 32.0.